The number of ether oxygens (including phenoxy) is 1. The van der Waals surface area contributed by atoms with E-state index in [1.165, 1.54) is 11.3 Å². The summed E-state index contributed by atoms with van der Waals surface area (Å²) in [5.74, 6) is 0.298. The average Bonchev–Trinajstić information content (AvgIpc) is 2.20. The lowest BCUT2D eigenvalue weighted by atomic mass is 10.4. The van der Waals surface area contributed by atoms with Crippen LogP contribution in [0.15, 0.2) is 9.85 Å². The Labute approximate surface area is 71.6 Å². The minimum atomic E-state index is 0.298. The molecular weight excluding hydrogens is 216 g/mol. The molecule has 0 aliphatic rings. The minimum Gasteiger partial charge on any atom is -0.506 e. The second kappa shape index (κ2) is 3.37. The summed E-state index contributed by atoms with van der Waals surface area (Å²) in [4.78, 5) is 0.856. The molecule has 10 heavy (non-hydrogen) atoms. The predicted molar refractivity (Wildman–Crippen MR) is 44.4 cm³/mol. The van der Waals surface area contributed by atoms with Crippen molar-refractivity contribution in [1.82, 2.24) is 0 Å². The molecule has 1 heterocycles. The highest BCUT2D eigenvalue weighted by atomic mass is 79.9. The van der Waals surface area contributed by atoms with E-state index in [1.807, 2.05) is 5.38 Å². The van der Waals surface area contributed by atoms with E-state index in [-0.39, 0.29) is 0 Å². The van der Waals surface area contributed by atoms with Crippen molar-refractivity contribution in [2.24, 2.45) is 0 Å². The molecule has 1 rings (SSSR count). The van der Waals surface area contributed by atoms with Gasteiger partial charge in [-0.2, -0.15) is 0 Å². The number of halogens is 1. The Bertz CT molecular complexity index is 222. The van der Waals surface area contributed by atoms with Crippen molar-refractivity contribution in [2.75, 3.05) is 7.11 Å². The number of aromatic hydroxyl groups is 1. The third-order valence-corrected chi connectivity index (χ3v) is 2.93. The highest BCUT2D eigenvalue weighted by Gasteiger charge is 2.06. The van der Waals surface area contributed by atoms with Gasteiger partial charge in [0.1, 0.15) is 5.75 Å². The van der Waals surface area contributed by atoms with E-state index >= 15 is 0 Å². The summed E-state index contributed by atoms with van der Waals surface area (Å²) >= 11 is 4.67. The topological polar surface area (TPSA) is 29.5 Å². The van der Waals surface area contributed by atoms with Gasteiger partial charge in [-0.15, -0.1) is 11.3 Å². The van der Waals surface area contributed by atoms with Crippen LogP contribution in [0.25, 0.3) is 0 Å². The van der Waals surface area contributed by atoms with Gasteiger partial charge in [-0.1, -0.05) is 0 Å². The van der Waals surface area contributed by atoms with Crippen LogP contribution in [0.2, 0.25) is 0 Å². The van der Waals surface area contributed by atoms with Crippen LogP contribution >= 0.6 is 27.3 Å². The summed E-state index contributed by atoms with van der Waals surface area (Å²) < 4.78 is 5.59. The monoisotopic (exact) mass is 222 g/mol. The fourth-order valence-electron chi connectivity index (χ4n) is 0.601. The maximum Gasteiger partial charge on any atom is 0.146 e. The van der Waals surface area contributed by atoms with Crippen LogP contribution in [0, 0.1) is 0 Å². The zero-order valence-electron chi connectivity index (χ0n) is 5.43. The van der Waals surface area contributed by atoms with Crippen molar-refractivity contribution in [3.63, 3.8) is 0 Å². The smallest absolute Gasteiger partial charge is 0.146 e. The van der Waals surface area contributed by atoms with E-state index in [9.17, 15) is 5.11 Å². The van der Waals surface area contributed by atoms with Crippen LogP contribution < -0.4 is 0 Å². The molecule has 0 amide bonds. The summed E-state index contributed by atoms with van der Waals surface area (Å²) in [6.45, 7) is 0.474. The van der Waals surface area contributed by atoms with E-state index < -0.39 is 0 Å². The van der Waals surface area contributed by atoms with Crippen LogP contribution in [0.1, 0.15) is 4.88 Å². The number of thiophene rings is 1. The number of rotatable bonds is 2. The number of methoxy groups -OCH3 is 1. The third kappa shape index (κ3) is 1.51. The second-order valence-corrected chi connectivity index (χ2v) is 3.61. The fraction of sp³-hybridized carbons (Fsp3) is 0.333. The van der Waals surface area contributed by atoms with Gasteiger partial charge in [0.25, 0.3) is 0 Å². The summed E-state index contributed by atoms with van der Waals surface area (Å²) in [5, 5.41) is 11.1. The Hall–Kier alpha value is -0.0600. The van der Waals surface area contributed by atoms with Gasteiger partial charge in [0, 0.05) is 12.5 Å². The minimum absolute atomic E-state index is 0.298. The van der Waals surface area contributed by atoms with E-state index in [0.717, 1.165) is 9.35 Å². The maximum atomic E-state index is 9.25. The van der Waals surface area contributed by atoms with E-state index in [4.69, 9.17) is 4.74 Å². The lowest BCUT2D eigenvalue weighted by molar-refractivity contribution is 0.185. The van der Waals surface area contributed by atoms with Crippen LogP contribution in [0.4, 0.5) is 0 Å². The maximum absolute atomic E-state index is 9.25. The molecule has 1 aromatic heterocycles. The first-order valence-electron chi connectivity index (χ1n) is 2.69. The molecule has 2 nitrogen and oxygen atoms in total. The highest BCUT2D eigenvalue weighted by Crippen LogP contribution is 2.33. The largest absolute Gasteiger partial charge is 0.506 e. The number of hydrogen-bond donors (Lipinski definition) is 1. The predicted octanol–water partition coefficient (Wildman–Crippen LogP) is 2.36. The van der Waals surface area contributed by atoms with Gasteiger partial charge in [-0.3, -0.25) is 0 Å². The zero-order valence-corrected chi connectivity index (χ0v) is 7.83. The highest BCUT2D eigenvalue weighted by molar-refractivity contribution is 9.10. The molecule has 0 unspecified atom stereocenters. The quantitative estimate of drug-likeness (QED) is 0.833. The molecule has 1 aromatic rings. The van der Waals surface area contributed by atoms with Crippen LogP contribution in [0.3, 0.4) is 0 Å². The molecule has 1 N–H and O–H groups in total. The third-order valence-electron chi connectivity index (χ3n) is 1.07. The molecule has 4 heteroatoms. The van der Waals surface area contributed by atoms with Crippen LogP contribution in [-0.4, -0.2) is 12.2 Å². The Balaban J connectivity index is 2.83. The normalized spacial score (nSPS) is 10.2. The second-order valence-electron chi connectivity index (χ2n) is 1.79. The van der Waals surface area contributed by atoms with Crippen molar-refractivity contribution < 1.29 is 9.84 Å². The van der Waals surface area contributed by atoms with Gasteiger partial charge in [0.05, 0.1) is 16.0 Å². The molecule has 0 spiro atoms. The first-order chi connectivity index (χ1) is 4.75. The molecule has 0 aromatic carbocycles. The molecule has 0 fully saturated rings. The molecule has 0 saturated heterocycles. The first-order valence-corrected chi connectivity index (χ1v) is 4.36. The molecule has 0 radical (unpaired) electrons. The first kappa shape index (κ1) is 8.04. The van der Waals surface area contributed by atoms with Gasteiger partial charge in [0.2, 0.25) is 0 Å². The van der Waals surface area contributed by atoms with Gasteiger partial charge in [-0.05, 0) is 15.9 Å². The Morgan fingerprint density at radius 2 is 2.50 bits per heavy atom. The lowest BCUT2D eigenvalue weighted by Crippen LogP contribution is -1.81. The molecule has 0 bridgehead atoms. The molecular formula is C6H7BrO2S. The standard InChI is InChI=1S/C6H7BrO2S/c1-9-2-5-6(8)4(7)3-10-5/h3,8H,2H2,1H3. The van der Waals surface area contributed by atoms with Crippen molar-refractivity contribution in [3.8, 4) is 5.75 Å². The van der Waals surface area contributed by atoms with Gasteiger partial charge in [0.15, 0.2) is 0 Å². The van der Waals surface area contributed by atoms with Crippen LogP contribution in [-0.2, 0) is 11.3 Å². The van der Waals surface area contributed by atoms with Gasteiger partial charge >= 0.3 is 0 Å². The fourth-order valence-corrected chi connectivity index (χ4v) is 2.02. The number of hydrogen-bond acceptors (Lipinski definition) is 3. The summed E-state index contributed by atoms with van der Waals surface area (Å²) in [6, 6.07) is 0. The van der Waals surface area contributed by atoms with E-state index in [0.29, 0.717) is 12.4 Å². The Morgan fingerprint density at radius 1 is 1.80 bits per heavy atom. The van der Waals surface area contributed by atoms with Gasteiger partial charge in [-0.25, -0.2) is 0 Å². The summed E-state index contributed by atoms with van der Waals surface area (Å²) in [5.41, 5.74) is 0. The van der Waals surface area contributed by atoms with Crippen molar-refractivity contribution in [1.29, 1.82) is 0 Å². The van der Waals surface area contributed by atoms with Crippen molar-refractivity contribution in [2.45, 2.75) is 6.61 Å². The van der Waals surface area contributed by atoms with Crippen molar-refractivity contribution in [3.05, 3.63) is 14.7 Å². The van der Waals surface area contributed by atoms with Crippen LogP contribution in [0.5, 0.6) is 5.75 Å². The molecule has 0 aliphatic carbocycles. The lowest BCUT2D eigenvalue weighted by Gasteiger charge is -1.94. The van der Waals surface area contributed by atoms with Crippen molar-refractivity contribution >= 4 is 27.3 Å². The molecule has 56 valence electrons. The SMILES string of the molecule is COCc1scc(Br)c1O. The summed E-state index contributed by atoms with van der Waals surface area (Å²) in [7, 11) is 1.60. The molecule has 0 atom stereocenters. The zero-order chi connectivity index (χ0) is 7.56. The van der Waals surface area contributed by atoms with E-state index in [1.54, 1.807) is 7.11 Å². The Kier molecular flexibility index (Phi) is 2.71. The van der Waals surface area contributed by atoms with E-state index in [2.05, 4.69) is 15.9 Å². The summed E-state index contributed by atoms with van der Waals surface area (Å²) in [6.07, 6.45) is 0. The average molecular weight is 223 g/mol. The van der Waals surface area contributed by atoms with Gasteiger partial charge < -0.3 is 9.84 Å². The Morgan fingerprint density at radius 3 is 2.90 bits per heavy atom. The molecule has 0 aliphatic heterocycles. The molecule has 0 saturated carbocycles.